The van der Waals surface area contributed by atoms with Gasteiger partial charge in [-0.15, -0.1) is 0 Å². The van der Waals surface area contributed by atoms with Gasteiger partial charge in [0.05, 0.1) is 0 Å². The number of piperazine rings is 1. The highest BCUT2D eigenvalue weighted by Gasteiger charge is 2.21. The molecule has 0 unspecified atom stereocenters. The first-order valence-corrected chi connectivity index (χ1v) is 9.24. The molecule has 1 saturated heterocycles. The van der Waals surface area contributed by atoms with E-state index < -0.39 is 0 Å². The predicted molar refractivity (Wildman–Crippen MR) is 111 cm³/mol. The van der Waals surface area contributed by atoms with Crippen LogP contribution in [0.4, 0.5) is 23.0 Å². The lowest BCUT2D eigenvalue weighted by atomic mass is 10.2. The summed E-state index contributed by atoms with van der Waals surface area (Å²) in [6.07, 6.45) is 1.59. The molecule has 0 aliphatic carbocycles. The Balaban J connectivity index is 1.42. The Hall–Kier alpha value is -3.28. The van der Waals surface area contributed by atoms with E-state index in [1.165, 1.54) is 11.3 Å². The monoisotopic (exact) mass is 360 g/mol. The predicted octanol–water partition coefficient (Wildman–Crippen LogP) is 3.00. The van der Waals surface area contributed by atoms with E-state index in [1.807, 2.05) is 24.3 Å². The topological polar surface area (TPSA) is 70.3 Å². The van der Waals surface area contributed by atoms with Gasteiger partial charge in [0.25, 0.3) is 0 Å². The molecule has 4 rings (SSSR count). The molecule has 0 spiro atoms. The van der Waals surface area contributed by atoms with Crippen LogP contribution >= 0.6 is 0 Å². The van der Waals surface area contributed by atoms with Gasteiger partial charge in [-0.05, 0) is 17.7 Å². The Morgan fingerprint density at radius 3 is 2.15 bits per heavy atom. The van der Waals surface area contributed by atoms with E-state index in [1.54, 1.807) is 6.33 Å². The number of rotatable bonds is 5. The number of hydrogen-bond acceptors (Lipinski definition) is 6. The molecule has 3 aromatic rings. The first kappa shape index (κ1) is 17.1. The highest BCUT2D eigenvalue weighted by Crippen LogP contribution is 2.28. The van der Waals surface area contributed by atoms with Crippen molar-refractivity contribution in [2.45, 2.75) is 6.54 Å². The van der Waals surface area contributed by atoms with Crippen LogP contribution in [-0.2, 0) is 6.54 Å². The van der Waals surface area contributed by atoms with Crippen molar-refractivity contribution in [1.29, 1.82) is 0 Å². The molecule has 0 saturated carbocycles. The van der Waals surface area contributed by atoms with E-state index in [0.29, 0.717) is 18.1 Å². The van der Waals surface area contributed by atoms with Crippen LogP contribution in [0.15, 0.2) is 67.0 Å². The number of nitrogens with two attached hydrogens (primary N) is 1. The first-order chi connectivity index (χ1) is 13.3. The van der Waals surface area contributed by atoms with Gasteiger partial charge in [-0.1, -0.05) is 48.5 Å². The fourth-order valence-electron chi connectivity index (χ4n) is 3.38. The molecule has 2 heterocycles. The van der Waals surface area contributed by atoms with Crippen molar-refractivity contribution in [2.24, 2.45) is 0 Å². The zero-order valence-electron chi connectivity index (χ0n) is 15.3. The maximum Gasteiger partial charge on any atom is 0.157 e. The van der Waals surface area contributed by atoms with Gasteiger partial charge in [0, 0.05) is 38.4 Å². The molecule has 1 aromatic heterocycles. The smallest absolute Gasteiger partial charge is 0.157 e. The second-order valence-electron chi connectivity index (χ2n) is 6.61. The van der Waals surface area contributed by atoms with Crippen LogP contribution in [0.3, 0.4) is 0 Å². The van der Waals surface area contributed by atoms with Crippen molar-refractivity contribution < 1.29 is 0 Å². The summed E-state index contributed by atoms with van der Waals surface area (Å²) in [4.78, 5) is 13.4. The Labute approximate surface area is 159 Å². The number of nitrogen functional groups attached to an aromatic ring is 1. The summed E-state index contributed by atoms with van der Waals surface area (Å²) in [5.41, 5.74) is 9.44. The van der Waals surface area contributed by atoms with E-state index in [9.17, 15) is 0 Å². The number of nitrogens with one attached hydrogen (secondary N) is 1. The lowest BCUT2D eigenvalue weighted by Gasteiger charge is -2.37. The fourth-order valence-corrected chi connectivity index (χ4v) is 3.38. The van der Waals surface area contributed by atoms with Crippen LogP contribution in [0.25, 0.3) is 0 Å². The zero-order chi connectivity index (χ0) is 18.5. The molecule has 0 radical (unpaired) electrons. The lowest BCUT2D eigenvalue weighted by Crippen LogP contribution is -2.47. The molecule has 1 aliphatic heterocycles. The Bertz CT molecular complexity index is 860. The molecule has 0 atom stereocenters. The third-order valence-corrected chi connectivity index (χ3v) is 4.87. The van der Waals surface area contributed by atoms with Crippen LogP contribution in [-0.4, -0.2) is 36.1 Å². The lowest BCUT2D eigenvalue weighted by molar-refractivity contribution is 0.647. The Kier molecular flexibility index (Phi) is 5.05. The highest BCUT2D eigenvalue weighted by atomic mass is 15.3. The van der Waals surface area contributed by atoms with Gasteiger partial charge in [0.15, 0.2) is 11.6 Å². The summed E-state index contributed by atoms with van der Waals surface area (Å²) >= 11 is 0. The van der Waals surface area contributed by atoms with E-state index in [-0.39, 0.29) is 0 Å². The van der Waals surface area contributed by atoms with E-state index in [4.69, 9.17) is 5.73 Å². The number of benzene rings is 2. The number of hydrogen-bond donors (Lipinski definition) is 2. The molecular formula is C21H24N6. The standard InChI is InChI=1S/C21H24N6/c22-19-20(23-15-17-7-3-1-4-8-17)24-16-25-21(19)27-13-11-26(12-14-27)18-9-5-2-6-10-18/h1-10,16H,11-15,22H2,(H,23,24,25). The van der Waals surface area contributed by atoms with Crippen LogP contribution in [0.1, 0.15) is 5.56 Å². The van der Waals surface area contributed by atoms with E-state index in [0.717, 1.165) is 32.0 Å². The van der Waals surface area contributed by atoms with E-state index in [2.05, 4.69) is 61.5 Å². The third kappa shape index (κ3) is 3.95. The summed E-state index contributed by atoms with van der Waals surface area (Å²) in [5.74, 6) is 1.50. The third-order valence-electron chi connectivity index (χ3n) is 4.87. The quantitative estimate of drug-likeness (QED) is 0.729. The van der Waals surface area contributed by atoms with Crippen molar-refractivity contribution in [3.05, 3.63) is 72.6 Å². The summed E-state index contributed by atoms with van der Waals surface area (Å²) in [7, 11) is 0. The summed E-state index contributed by atoms with van der Waals surface area (Å²) in [6, 6.07) is 20.7. The Morgan fingerprint density at radius 1 is 0.815 bits per heavy atom. The Morgan fingerprint density at radius 2 is 1.44 bits per heavy atom. The highest BCUT2D eigenvalue weighted by molar-refractivity contribution is 5.75. The molecule has 1 fully saturated rings. The minimum absolute atomic E-state index is 0.613. The SMILES string of the molecule is Nc1c(NCc2ccccc2)ncnc1N1CCN(c2ccccc2)CC1. The van der Waals surface area contributed by atoms with Crippen molar-refractivity contribution in [3.8, 4) is 0 Å². The van der Waals surface area contributed by atoms with E-state index >= 15 is 0 Å². The zero-order valence-corrected chi connectivity index (χ0v) is 15.3. The van der Waals surface area contributed by atoms with Gasteiger partial charge in [0.2, 0.25) is 0 Å². The second kappa shape index (κ2) is 7.95. The molecule has 3 N–H and O–H groups in total. The summed E-state index contributed by atoms with van der Waals surface area (Å²) in [6.45, 7) is 4.34. The normalized spacial score (nSPS) is 14.2. The average molecular weight is 360 g/mol. The van der Waals surface area contributed by atoms with Gasteiger partial charge < -0.3 is 20.9 Å². The van der Waals surface area contributed by atoms with Crippen molar-refractivity contribution in [2.75, 3.05) is 47.0 Å². The largest absolute Gasteiger partial charge is 0.393 e. The number of nitrogens with zero attached hydrogens (tertiary/aromatic N) is 4. The summed E-state index contributed by atoms with van der Waals surface area (Å²) in [5, 5.41) is 3.33. The van der Waals surface area contributed by atoms with Gasteiger partial charge >= 0.3 is 0 Å². The van der Waals surface area contributed by atoms with Gasteiger partial charge in [-0.25, -0.2) is 9.97 Å². The maximum atomic E-state index is 6.38. The second-order valence-corrected chi connectivity index (χ2v) is 6.61. The van der Waals surface area contributed by atoms with Crippen LogP contribution in [0, 0.1) is 0 Å². The first-order valence-electron chi connectivity index (χ1n) is 9.24. The van der Waals surface area contributed by atoms with Crippen molar-refractivity contribution >= 4 is 23.0 Å². The molecule has 0 amide bonds. The minimum atomic E-state index is 0.613. The van der Waals surface area contributed by atoms with Crippen LogP contribution in [0.2, 0.25) is 0 Å². The van der Waals surface area contributed by atoms with Crippen molar-refractivity contribution in [1.82, 2.24) is 9.97 Å². The van der Waals surface area contributed by atoms with Gasteiger partial charge in [0.1, 0.15) is 12.0 Å². The molecule has 6 heteroatoms. The maximum absolute atomic E-state index is 6.38. The molecule has 27 heavy (non-hydrogen) atoms. The molecule has 0 bridgehead atoms. The molecular weight excluding hydrogens is 336 g/mol. The van der Waals surface area contributed by atoms with Gasteiger partial charge in [-0.3, -0.25) is 0 Å². The molecule has 138 valence electrons. The number of aromatic nitrogens is 2. The molecule has 6 nitrogen and oxygen atoms in total. The fraction of sp³-hybridized carbons (Fsp3) is 0.238. The van der Waals surface area contributed by atoms with Crippen molar-refractivity contribution in [3.63, 3.8) is 0 Å². The van der Waals surface area contributed by atoms with Gasteiger partial charge in [-0.2, -0.15) is 0 Å². The average Bonchev–Trinajstić information content (AvgIpc) is 2.75. The molecule has 1 aliphatic rings. The summed E-state index contributed by atoms with van der Waals surface area (Å²) < 4.78 is 0. The minimum Gasteiger partial charge on any atom is -0.393 e. The number of anilines is 4. The number of para-hydroxylation sites is 1. The van der Waals surface area contributed by atoms with Crippen LogP contribution < -0.4 is 20.9 Å². The molecule has 2 aromatic carbocycles. The van der Waals surface area contributed by atoms with Crippen LogP contribution in [0.5, 0.6) is 0 Å².